The summed E-state index contributed by atoms with van der Waals surface area (Å²) in [6.07, 6.45) is 2.75. The minimum atomic E-state index is -0.0745. The molecule has 3 rings (SSSR count). The first kappa shape index (κ1) is 9.67. The fourth-order valence-electron chi connectivity index (χ4n) is 2.02. The monoisotopic (exact) mass is 223 g/mol. The average molecular weight is 223 g/mol. The average Bonchev–Trinajstić information content (AvgIpc) is 2.91. The van der Waals surface area contributed by atoms with E-state index in [1.165, 1.54) is 24.9 Å². The minimum absolute atomic E-state index is 0.0745. The Morgan fingerprint density at radius 2 is 2.27 bits per heavy atom. The summed E-state index contributed by atoms with van der Waals surface area (Å²) in [5.41, 5.74) is 2.11. The Morgan fingerprint density at radius 3 is 3.00 bits per heavy atom. The maximum Gasteiger partial charge on any atom is 0.127 e. The van der Waals surface area contributed by atoms with Crippen molar-refractivity contribution in [3.63, 3.8) is 0 Å². The van der Waals surface area contributed by atoms with E-state index in [2.05, 4.69) is 4.31 Å². The summed E-state index contributed by atoms with van der Waals surface area (Å²) >= 11 is 1.74. The van der Waals surface area contributed by atoms with E-state index in [0.717, 1.165) is 22.9 Å². The van der Waals surface area contributed by atoms with Gasteiger partial charge in [-0.3, -0.25) is 0 Å². The molecular weight excluding hydrogens is 209 g/mol. The van der Waals surface area contributed by atoms with Crippen LogP contribution >= 0.6 is 11.9 Å². The summed E-state index contributed by atoms with van der Waals surface area (Å²) in [4.78, 5) is 1.15. The maximum absolute atomic E-state index is 13.3. The summed E-state index contributed by atoms with van der Waals surface area (Å²) in [7, 11) is 0. The highest BCUT2D eigenvalue weighted by Gasteiger charge is 2.29. The van der Waals surface area contributed by atoms with Gasteiger partial charge in [-0.15, -0.1) is 0 Å². The number of hydrogen-bond acceptors (Lipinski definition) is 2. The quantitative estimate of drug-likeness (QED) is 0.707. The number of rotatable bonds is 2. The van der Waals surface area contributed by atoms with Crippen molar-refractivity contribution < 1.29 is 4.39 Å². The van der Waals surface area contributed by atoms with Gasteiger partial charge in [0.05, 0.1) is 0 Å². The van der Waals surface area contributed by atoms with E-state index in [-0.39, 0.29) is 5.82 Å². The van der Waals surface area contributed by atoms with Crippen molar-refractivity contribution in [1.82, 2.24) is 4.31 Å². The molecule has 15 heavy (non-hydrogen) atoms. The van der Waals surface area contributed by atoms with Crippen molar-refractivity contribution in [1.29, 1.82) is 0 Å². The predicted molar refractivity (Wildman–Crippen MR) is 60.1 cm³/mol. The Balaban J connectivity index is 1.82. The van der Waals surface area contributed by atoms with Crippen molar-refractivity contribution in [2.45, 2.75) is 31.2 Å². The lowest BCUT2D eigenvalue weighted by Crippen LogP contribution is -2.12. The smallest absolute Gasteiger partial charge is 0.127 e. The lowest BCUT2D eigenvalue weighted by Gasteiger charge is -2.11. The van der Waals surface area contributed by atoms with E-state index in [1.54, 1.807) is 18.0 Å². The molecule has 1 heterocycles. The zero-order chi connectivity index (χ0) is 10.4. The molecule has 1 nitrogen and oxygen atoms in total. The molecule has 1 aliphatic heterocycles. The standard InChI is InChI=1S/C12H14FNS/c1-8-11(13)5-4-10-7-14(15-12(8)10)6-9-2-3-9/h4-5,9H,2-3,6-7H2,1H3. The van der Waals surface area contributed by atoms with Crippen molar-refractivity contribution in [3.05, 3.63) is 29.1 Å². The fraction of sp³-hybridized carbons (Fsp3) is 0.500. The molecule has 1 fully saturated rings. The molecule has 0 amide bonds. The summed E-state index contributed by atoms with van der Waals surface area (Å²) in [6, 6.07) is 3.52. The molecule has 0 atom stereocenters. The van der Waals surface area contributed by atoms with Crippen LogP contribution in [0.4, 0.5) is 4.39 Å². The maximum atomic E-state index is 13.3. The van der Waals surface area contributed by atoms with Gasteiger partial charge in [-0.05, 0) is 54.8 Å². The van der Waals surface area contributed by atoms with Crippen LogP contribution < -0.4 is 0 Å². The third kappa shape index (κ3) is 1.79. The molecule has 0 saturated heterocycles. The SMILES string of the molecule is Cc1c(F)ccc2c1SN(CC1CC1)C2. The highest BCUT2D eigenvalue weighted by atomic mass is 32.2. The highest BCUT2D eigenvalue weighted by Crippen LogP contribution is 2.42. The summed E-state index contributed by atoms with van der Waals surface area (Å²) in [5.74, 6) is 0.825. The molecule has 0 aromatic heterocycles. The van der Waals surface area contributed by atoms with Crippen molar-refractivity contribution in [3.8, 4) is 0 Å². The number of fused-ring (bicyclic) bond motifs is 1. The van der Waals surface area contributed by atoms with Crippen LogP contribution in [-0.2, 0) is 6.54 Å². The molecule has 1 aromatic rings. The molecule has 80 valence electrons. The zero-order valence-corrected chi connectivity index (χ0v) is 9.61. The van der Waals surface area contributed by atoms with E-state index in [9.17, 15) is 4.39 Å². The molecule has 3 heteroatoms. The second kappa shape index (κ2) is 3.49. The normalized spacial score (nSPS) is 20.7. The molecule has 0 radical (unpaired) electrons. The molecule has 1 aliphatic carbocycles. The molecule has 0 unspecified atom stereocenters. The van der Waals surface area contributed by atoms with E-state index in [1.807, 2.05) is 13.0 Å². The van der Waals surface area contributed by atoms with Gasteiger partial charge in [0.25, 0.3) is 0 Å². The first-order valence-electron chi connectivity index (χ1n) is 5.45. The number of hydrogen-bond donors (Lipinski definition) is 0. The zero-order valence-electron chi connectivity index (χ0n) is 8.79. The molecule has 1 saturated carbocycles. The van der Waals surface area contributed by atoms with E-state index in [0.29, 0.717) is 0 Å². The molecule has 1 aromatic carbocycles. The van der Waals surface area contributed by atoms with Crippen LogP contribution in [0.5, 0.6) is 0 Å². The number of halogens is 1. The fourth-order valence-corrected chi connectivity index (χ4v) is 3.25. The van der Waals surface area contributed by atoms with Crippen molar-refractivity contribution >= 4 is 11.9 Å². The van der Waals surface area contributed by atoms with Crippen LogP contribution in [-0.4, -0.2) is 10.8 Å². The minimum Gasteiger partial charge on any atom is -0.242 e. The van der Waals surface area contributed by atoms with Crippen LogP contribution in [0, 0.1) is 18.7 Å². The largest absolute Gasteiger partial charge is 0.242 e. The van der Waals surface area contributed by atoms with Gasteiger partial charge >= 0.3 is 0 Å². The summed E-state index contributed by atoms with van der Waals surface area (Å²) < 4.78 is 15.7. The summed E-state index contributed by atoms with van der Waals surface area (Å²) in [5, 5.41) is 0. The molecule has 2 aliphatic rings. The number of benzene rings is 1. The highest BCUT2D eigenvalue weighted by molar-refractivity contribution is 7.97. The van der Waals surface area contributed by atoms with Crippen LogP contribution in [0.2, 0.25) is 0 Å². The third-order valence-electron chi connectivity index (χ3n) is 3.15. The van der Waals surface area contributed by atoms with Gasteiger partial charge in [-0.1, -0.05) is 6.07 Å². The van der Waals surface area contributed by atoms with Crippen LogP contribution in [0.3, 0.4) is 0 Å². The first-order valence-corrected chi connectivity index (χ1v) is 6.22. The van der Waals surface area contributed by atoms with Gasteiger partial charge in [0.15, 0.2) is 0 Å². The first-order chi connectivity index (χ1) is 7.24. The summed E-state index contributed by atoms with van der Waals surface area (Å²) in [6.45, 7) is 4.03. The van der Waals surface area contributed by atoms with Crippen LogP contribution in [0.1, 0.15) is 24.0 Å². The number of nitrogens with zero attached hydrogens (tertiary/aromatic N) is 1. The van der Waals surface area contributed by atoms with Crippen molar-refractivity contribution in [2.24, 2.45) is 5.92 Å². The molecular formula is C12H14FNS. The third-order valence-corrected chi connectivity index (χ3v) is 4.43. The topological polar surface area (TPSA) is 3.24 Å². The Bertz CT molecular complexity index is 401. The second-order valence-corrected chi connectivity index (χ2v) is 5.63. The van der Waals surface area contributed by atoms with Gasteiger partial charge in [0, 0.05) is 18.0 Å². The van der Waals surface area contributed by atoms with Crippen LogP contribution in [0.15, 0.2) is 17.0 Å². The molecule has 0 spiro atoms. The van der Waals surface area contributed by atoms with Gasteiger partial charge < -0.3 is 0 Å². The van der Waals surface area contributed by atoms with Gasteiger partial charge in [-0.25, -0.2) is 8.70 Å². The van der Waals surface area contributed by atoms with E-state index < -0.39 is 0 Å². The lowest BCUT2D eigenvalue weighted by atomic mass is 10.1. The molecule has 0 bridgehead atoms. The van der Waals surface area contributed by atoms with Gasteiger partial charge in [0.1, 0.15) is 5.82 Å². The van der Waals surface area contributed by atoms with Gasteiger partial charge in [0.2, 0.25) is 0 Å². The Kier molecular flexibility index (Phi) is 2.25. The van der Waals surface area contributed by atoms with E-state index >= 15 is 0 Å². The predicted octanol–water partition coefficient (Wildman–Crippen LogP) is 3.37. The Hall–Kier alpha value is -0.540. The molecule has 0 N–H and O–H groups in total. The van der Waals surface area contributed by atoms with Crippen molar-refractivity contribution in [2.75, 3.05) is 6.54 Å². The lowest BCUT2D eigenvalue weighted by molar-refractivity contribution is 0.455. The van der Waals surface area contributed by atoms with Gasteiger partial charge in [-0.2, -0.15) is 0 Å². The second-order valence-electron chi connectivity index (χ2n) is 4.52. The Morgan fingerprint density at radius 1 is 1.47 bits per heavy atom. The van der Waals surface area contributed by atoms with E-state index in [4.69, 9.17) is 0 Å². The Labute approximate surface area is 93.8 Å². The van der Waals surface area contributed by atoms with Crippen LogP contribution in [0.25, 0.3) is 0 Å².